The summed E-state index contributed by atoms with van der Waals surface area (Å²) in [7, 11) is 1.22. The lowest BCUT2D eigenvalue weighted by molar-refractivity contribution is -0.151. The first-order chi connectivity index (χ1) is 9.54. The summed E-state index contributed by atoms with van der Waals surface area (Å²) in [5.74, 6) is -2.28. The largest absolute Gasteiger partial charge is 0.507 e. The van der Waals surface area contributed by atoms with Crippen LogP contribution < -0.4 is 0 Å². The van der Waals surface area contributed by atoms with Crippen molar-refractivity contribution < 1.29 is 28.6 Å². The van der Waals surface area contributed by atoms with Crippen LogP contribution in [-0.2, 0) is 14.3 Å². The van der Waals surface area contributed by atoms with Crippen molar-refractivity contribution in [2.45, 2.75) is 6.04 Å². The number of morpholine rings is 1. The number of carbonyl (C=O) groups is 2. The normalized spacial score (nSPS) is 18.7. The summed E-state index contributed by atoms with van der Waals surface area (Å²) in [6, 6.07) is 2.23. The molecule has 7 heteroatoms. The van der Waals surface area contributed by atoms with Gasteiger partial charge in [-0.05, 0) is 12.1 Å². The van der Waals surface area contributed by atoms with Crippen LogP contribution in [0, 0.1) is 5.82 Å². The molecule has 0 bridgehead atoms. The number of phenols is 1. The van der Waals surface area contributed by atoms with Crippen molar-refractivity contribution in [2.75, 3.05) is 26.9 Å². The van der Waals surface area contributed by atoms with Gasteiger partial charge in [-0.2, -0.15) is 0 Å². The number of ether oxygens (including phenoxy) is 2. The third-order valence-corrected chi connectivity index (χ3v) is 3.05. The van der Waals surface area contributed by atoms with Gasteiger partial charge in [0.25, 0.3) is 5.91 Å². The number of carbonyl (C=O) groups excluding carboxylic acids is 2. The average Bonchev–Trinajstić information content (AvgIpc) is 2.46. The second kappa shape index (κ2) is 5.87. The fourth-order valence-corrected chi connectivity index (χ4v) is 2.02. The van der Waals surface area contributed by atoms with E-state index < -0.39 is 29.5 Å². The first kappa shape index (κ1) is 14.3. The molecule has 0 radical (unpaired) electrons. The summed E-state index contributed by atoms with van der Waals surface area (Å²) >= 11 is 0. The summed E-state index contributed by atoms with van der Waals surface area (Å²) in [6.07, 6.45) is 0. The van der Waals surface area contributed by atoms with Gasteiger partial charge in [-0.15, -0.1) is 0 Å². The van der Waals surface area contributed by atoms with E-state index in [1.165, 1.54) is 18.1 Å². The lowest BCUT2D eigenvalue weighted by atomic mass is 10.1. The SMILES string of the molecule is COC(=O)C1COCCN1C(=O)c1ccc(F)cc1O. The van der Waals surface area contributed by atoms with Crippen LogP contribution in [0.1, 0.15) is 10.4 Å². The number of amides is 1. The lowest BCUT2D eigenvalue weighted by Gasteiger charge is -2.33. The number of hydrogen-bond acceptors (Lipinski definition) is 5. The first-order valence-electron chi connectivity index (χ1n) is 5.99. The lowest BCUT2D eigenvalue weighted by Crippen LogP contribution is -2.53. The Labute approximate surface area is 114 Å². The summed E-state index contributed by atoms with van der Waals surface area (Å²) < 4.78 is 22.7. The molecule has 1 amide bonds. The molecule has 1 atom stereocenters. The topological polar surface area (TPSA) is 76.1 Å². The summed E-state index contributed by atoms with van der Waals surface area (Å²) in [5.41, 5.74) is -0.0674. The molecule has 108 valence electrons. The number of nitrogens with zero attached hydrogens (tertiary/aromatic N) is 1. The monoisotopic (exact) mass is 283 g/mol. The quantitative estimate of drug-likeness (QED) is 0.802. The highest BCUT2D eigenvalue weighted by Crippen LogP contribution is 2.22. The molecule has 0 saturated carbocycles. The molecular weight excluding hydrogens is 269 g/mol. The standard InChI is InChI=1S/C13H14FNO5/c1-19-13(18)10-7-20-5-4-15(10)12(17)9-3-2-8(14)6-11(9)16/h2-3,6,10,16H,4-5,7H2,1H3. The van der Waals surface area contributed by atoms with Gasteiger partial charge in [-0.1, -0.05) is 0 Å². The maximum absolute atomic E-state index is 12.9. The molecule has 1 aliphatic heterocycles. The molecule has 1 aliphatic rings. The Hall–Kier alpha value is -2.15. The molecule has 6 nitrogen and oxygen atoms in total. The van der Waals surface area contributed by atoms with Crippen LogP contribution in [-0.4, -0.2) is 54.8 Å². The highest BCUT2D eigenvalue weighted by Gasteiger charge is 2.34. The number of hydrogen-bond donors (Lipinski definition) is 1. The maximum Gasteiger partial charge on any atom is 0.331 e. The number of halogens is 1. The number of esters is 1. The molecule has 0 aromatic heterocycles. The number of phenolic OH excluding ortho intramolecular Hbond substituents is 1. The van der Waals surface area contributed by atoms with Crippen LogP contribution in [0.5, 0.6) is 5.75 Å². The highest BCUT2D eigenvalue weighted by atomic mass is 19.1. The van der Waals surface area contributed by atoms with Crippen molar-refractivity contribution in [2.24, 2.45) is 0 Å². The number of benzene rings is 1. The molecule has 1 unspecified atom stereocenters. The maximum atomic E-state index is 12.9. The fourth-order valence-electron chi connectivity index (χ4n) is 2.02. The van der Waals surface area contributed by atoms with Crippen molar-refractivity contribution in [3.63, 3.8) is 0 Å². The van der Waals surface area contributed by atoms with Crippen molar-refractivity contribution in [3.05, 3.63) is 29.6 Å². The van der Waals surface area contributed by atoms with Crippen LogP contribution in [0.4, 0.5) is 4.39 Å². The van der Waals surface area contributed by atoms with Crippen LogP contribution in [0.2, 0.25) is 0 Å². The number of rotatable bonds is 2. The zero-order chi connectivity index (χ0) is 14.7. The van der Waals surface area contributed by atoms with E-state index in [4.69, 9.17) is 4.74 Å². The van der Waals surface area contributed by atoms with E-state index in [1.807, 2.05) is 0 Å². The Kier molecular flexibility index (Phi) is 4.19. The predicted molar refractivity (Wildman–Crippen MR) is 65.7 cm³/mol. The molecule has 1 fully saturated rings. The van der Waals surface area contributed by atoms with Gasteiger partial charge >= 0.3 is 5.97 Å². The third kappa shape index (κ3) is 2.72. The molecule has 0 aliphatic carbocycles. The molecule has 1 N–H and O–H groups in total. The average molecular weight is 283 g/mol. The Morgan fingerprint density at radius 1 is 1.50 bits per heavy atom. The van der Waals surface area contributed by atoms with Crippen LogP contribution in [0.25, 0.3) is 0 Å². The van der Waals surface area contributed by atoms with E-state index in [0.717, 1.165) is 12.1 Å². The van der Waals surface area contributed by atoms with Crippen LogP contribution >= 0.6 is 0 Å². The molecule has 2 rings (SSSR count). The van der Waals surface area contributed by atoms with Gasteiger partial charge in [0.15, 0.2) is 6.04 Å². The fraction of sp³-hybridized carbons (Fsp3) is 0.385. The van der Waals surface area contributed by atoms with E-state index in [-0.39, 0.29) is 25.3 Å². The molecule has 1 aromatic carbocycles. The molecular formula is C13H14FNO5. The Morgan fingerprint density at radius 3 is 2.90 bits per heavy atom. The van der Waals surface area contributed by atoms with E-state index >= 15 is 0 Å². The molecule has 20 heavy (non-hydrogen) atoms. The zero-order valence-corrected chi connectivity index (χ0v) is 10.8. The van der Waals surface area contributed by atoms with Crippen molar-refractivity contribution in [1.82, 2.24) is 4.90 Å². The highest BCUT2D eigenvalue weighted by molar-refractivity contribution is 5.99. The van der Waals surface area contributed by atoms with E-state index in [1.54, 1.807) is 0 Å². The van der Waals surface area contributed by atoms with Crippen molar-refractivity contribution >= 4 is 11.9 Å². The minimum absolute atomic E-state index is 0.0281. The Balaban J connectivity index is 2.27. The van der Waals surface area contributed by atoms with Gasteiger partial charge in [-0.25, -0.2) is 9.18 Å². The molecule has 0 spiro atoms. The third-order valence-electron chi connectivity index (χ3n) is 3.05. The summed E-state index contributed by atoms with van der Waals surface area (Å²) in [6.45, 7) is 0.497. The summed E-state index contributed by atoms with van der Waals surface area (Å²) in [5, 5.41) is 9.64. The smallest absolute Gasteiger partial charge is 0.331 e. The minimum Gasteiger partial charge on any atom is -0.507 e. The minimum atomic E-state index is -0.870. The van der Waals surface area contributed by atoms with Gasteiger partial charge in [0.1, 0.15) is 11.6 Å². The van der Waals surface area contributed by atoms with Crippen molar-refractivity contribution in [1.29, 1.82) is 0 Å². The Bertz CT molecular complexity index is 533. The zero-order valence-electron chi connectivity index (χ0n) is 10.8. The molecule has 1 aromatic rings. The van der Waals surface area contributed by atoms with Gasteiger partial charge in [-0.3, -0.25) is 4.79 Å². The molecule has 1 heterocycles. The predicted octanol–water partition coefficient (Wildman–Crippen LogP) is 0.545. The number of methoxy groups -OCH3 is 1. The second-order valence-electron chi connectivity index (χ2n) is 4.27. The van der Waals surface area contributed by atoms with Gasteiger partial charge in [0.05, 0.1) is 25.9 Å². The number of aromatic hydroxyl groups is 1. The van der Waals surface area contributed by atoms with E-state index in [0.29, 0.717) is 0 Å². The van der Waals surface area contributed by atoms with E-state index in [2.05, 4.69) is 4.74 Å². The Morgan fingerprint density at radius 2 is 2.25 bits per heavy atom. The van der Waals surface area contributed by atoms with Crippen molar-refractivity contribution in [3.8, 4) is 5.75 Å². The second-order valence-corrected chi connectivity index (χ2v) is 4.27. The van der Waals surface area contributed by atoms with Crippen LogP contribution in [0.3, 0.4) is 0 Å². The van der Waals surface area contributed by atoms with Gasteiger partial charge in [0.2, 0.25) is 0 Å². The van der Waals surface area contributed by atoms with E-state index in [9.17, 15) is 19.1 Å². The van der Waals surface area contributed by atoms with Gasteiger partial charge < -0.3 is 19.5 Å². The van der Waals surface area contributed by atoms with Gasteiger partial charge in [0, 0.05) is 12.6 Å². The first-order valence-corrected chi connectivity index (χ1v) is 5.99. The molecule has 1 saturated heterocycles. The van der Waals surface area contributed by atoms with Crippen LogP contribution in [0.15, 0.2) is 18.2 Å². The summed E-state index contributed by atoms with van der Waals surface area (Å²) in [4.78, 5) is 25.2.